The minimum Gasteiger partial charge on any atom is -0.465 e. The van der Waals surface area contributed by atoms with Gasteiger partial charge in [-0.3, -0.25) is 4.79 Å². The van der Waals surface area contributed by atoms with Gasteiger partial charge < -0.3 is 4.74 Å². The van der Waals surface area contributed by atoms with Crippen molar-refractivity contribution < 1.29 is 9.53 Å². The van der Waals surface area contributed by atoms with Gasteiger partial charge in [0.25, 0.3) is 0 Å². The van der Waals surface area contributed by atoms with Crippen LogP contribution in [0.1, 0.15) is 51.9 Å². The lowest BCUT2D eigenvalue weighted by Crippen LogP contribution is -2.27. The third-order valence-corrected chi connectivity index (χ3v) is 3.95. The van der Waals surface area contributed by atoms with Crippen LogP contribution in [0.5, 0.6) is 0 Å². The van der Waals surface area contributed by atoms with Crippen molar-refractivity contribution in [2.24, 2.45) is 11.3 Å². The second-order valence-electron chi connectivity index (χ2n) is 5.18. The summed E-state index contributed by atoms with van der Waals surface area (Å²) >= 11 is 0. The molecule has 2 fully saturated rings. The van der Waals surface area contributed by atoms with E-state index in [1.54, 1.807) is 0 Å². The number of carbonyl (C=O) groups is 1. The molecule has 2 nitrogen and oxygen atoms in total. The van der Waals surface area contributed by atoms with Gasteiger partial charge in [0.1, 0.15) is 0 Å². The molecule has 1 saturated heterocycles. The predicted octanol–water partition coefficient (Wildman–Crippen LogP) is 2.91. The molecule has 1 aliphatic heterocycles. The lowest BCUT2D eigenvalue weighted by Gasteiger charge is -2.30. The molecule has 0 spiro atoms. The van der Waals surface area contributed by atoms with Crippen LogP contribution in [0.2, 0.25) is 0 Å². The van der Waals surface area contributed by atoms with Gasteiger partial charge in [0.05, 0.1) is 13.0 Å². The van der Waals surface area contributed by atoms with E-state index in [0.29, 0.717) is 13.0 Å². The van der Waals surface area contributed by atoms with Crippen LogP contribution in [-0.2, 0) is 9.53 Å². The molecular weight excluding hydrogens is 176 g/mol. The van der Waals surface area contributed by atoms with Crippen LogP contribution in [0, 0.1) is 11.3 Å². The molecule has 0 bridgehead atoms. The maximum atomic E-state index is 11.2. The number of ether oxygens (including phenoxy) is 1. The highest BCUT2D eigenvalue weighted by Crippen LogP contribution is 2.43. The normalized spacial score (nSPS) is 35.4. The first-order valence-electron chi connectivity index (χ1n) is 5.86. The number of esters is 1. The van der Waals surface area contributed by atoms with Crippen LogP contribution in [0.25, 0.3) is 0 Å². The van der Waals surface area contributed by atoms with Crippen molar-refractivity contribution in [1.82, 2.24) is 0 Å². The van der Waals surface area contributed by atoms with E-state index in [0.717, 1.165) is 5.92 Å². The Labute approximate surface area is 86.0 Å². The van der Waals surface area contributed by atoms with Gasteiger partial charge in [0, 0.05) is 5.41 Å². The van der Waals surface area contributed by atoms with Crippen molar-refractivity contribution in [2.45, 2.75) is 51.9 Å². The van der Waals surface area contributed by atoms with Crippen LogP contribution in [-0.4, -0.2) is 12.6 Å². The molecule has 1 aliphatic carbocycles. The first-order valence-corrected chi connectivity index (χ1v) is 5.86. The SMILES string of the molecule is CC1(C2CCCCCC2)COC(=O)C1. The highest BCUT2D eigenvalue weighted by atomic mass is 16.5. The molecule has 1 heterocycles. The molecule has 0 N–H and O–H groups in total. The lowest BCUT2D eigenvalue weighted by molar-refractivity contribution is -0.137. The van der Waals surface area contributed by atoms with Crippen LogP contribution >= 0.6 is 0 Å². The summed E-state index contributed by atoms with van der Waals surface area (Å²) in [6.45, 7) is 2.89. The van der Waals surface area contributed by atoms with E-state index in [9.17, 15) is 4.79 Å². The molecule has 0 aromatic carbocycles. The zero-order valence-electron chi connectivity index (χ0n) is 9.05. The largest absolute Gasteiger partial charge is 0.465 e. The van der Waals surface area contributed by atoms with E-state index in [-0.39, 0.29) is 11.4 Å². The van der Waals surface area contributed by atoms with Gasteiger partial charge in [0.15, 0.2) is 0 Å². The molecule has 0 amide bonds. The number of rotatable bonds is 1. The molecule has 1 atom stereocenters. The van der Waals surface area contributed by atoms with Gasteiger partial charge in [-0.25, -0.2) is 0 Å². The Morgan fingerprint density at radius 3 is 2.36 bits per heavy atom. The molecular formula is C12H20O2. The Morgan fingerprint density at radius 2 is 1.86 bits per heavy atom. The summed E-state index contributed by atoms with van der Waals surface area (Å²) in [7, 11) is 0. The predicted molar refractivity (Wildman–Crippen MR) is 54.9 cm³/mol. The van der Waals surface area contributed by atoms with Gasteiger partial charge in [-0.1, -0.05) is 32.6 Å². The van der Waals surface area contributed by atoms with Crippen molar-refractivity contribution in [1.29, 1.82) is 0 Å². The molecule has 1 unspecified atom stereocenters. The average Bonchev–Trinajstić information content (AvgIpc) is 2.45. The van der Waals surface area contributed by atoms with Crippen LogP contribution in [0.3, 0.4) is 0 Å². The third kappa shape index (κ3) is 1.94. The Hall–Kier alpha value is -0.530. The minimum atomic E-state index is 0.0109. The Balaban J connectivity index is 2.01. The van der Waals surface area contributed by atoms with Crippen molar-refractivity contribution >= 4 is 5.97 Å². The van der Waals surface area contributed by atoms with Gasteiger partial charge in [-0.2, -0.15) is 0 Å². The van der Waals surface area contributed by atoms with Crippen LogP contribution < -0.4 is 0 Å². The molecule has 2 aliphatic rings. The molecule has 0 radical (unpaired) electrons. The first-order chi connectivity index (χ1) is 6.71. The Kier molecular flexibility index (Phi) is 2.80. The Morgan fingerprint density at radius 1 is 1.21 bits per heavy atom. The second kappa shape index (κ2) is 3.92. The number of cyclic esters (lactones) is 1. The van der Waals surface area contributed by atoms with Crippen molar-refractivity contribution in [3.63, 3.8) is 0 Å². The zero-order valence-corrected chi connectivity index (χ0v) is 9.05. The van der Waals surface area contributed by atoms with Gasteiger partial charge in [-0.05, 0) is 18.8 Å². The first kappa shape index (κ1) is 10.0. The minimum absolute atomic E-state index is 0.0109. The second-order valence-corrected chi connectivity index (χ2v) is 5.18. The molecule has 0 aromatic heterocycles. The van der Waals surface area contributed by atoms with Gasteiger partial charge >= 0.3 is 5.97 Å². The standard InChI is InChI=1S/C12H20O2/c1-12(8-11(13)14-9-12)10-6-4-2-3-5-7-10/h10H,2-9H2,1H3. The highest BCUT2D eigenvalue weighted by molar-refractivity contribution is 5.72. The third-order valence-electron chi connectivity index (χ3n) is 3.95. The molecule has 80 valence electrons. The number of hydrogen-bond acceptors (Lipinski definition) is 2. The Bertz CT molecular complexity index is 216. The fourth-order valence-electron chi connectivity index (χ4n) is 2.92. The van der Waals surface area contributed by atoms with E-state index in [4.69, 9.17) is 4.74 Å². The van der Waals surface area contributed by atoms with E-state index in [1.165, 1.54) is 38.5 Å². The van der Waals surface area contributed by atoms with Crippen molar-refractivity contribution in [3.8, 4) is 0 Å². The van der Waals surface area contributed by atoms with Crippen LogP contribution in [0.15, 0.2) is 0 Å². The monoisotopic (exact) mass is 196 g/mol. The number of hydrogen-bond donors (Lipinski definition) is 0. The maximum absolute atomic E-state index is 11.2. The van der Waals surface area contributed by atoms with Gasteiger partial charge in [-0.15, -0.1) is 0 Å². The summed E-state index contributed by atoms with van der Waals surface area (Å²) in [5.41, 5.74) is 0.154. The van der Waals surface area contributed by atoms with E-state index >= 15 is 0 Å². The fourth-order valence-corrected chi connectivity index (χ4v) is 2.92. The summed E-state index contributed by atoms with van der Waals surface area (Å²) < 4.78 is 5.12. The topological polar surface area (TPSA) is 26.3 Å². The zero-order chi connectivity index (χ0) is 10.0. The summed E-state index contributed by atoms with van der Waals surface area (Å²) in [4.78, 5) is 11.2. The van der Waals surface area contributed by atoms with E-state index in [2.05, 4.69) is 6.92 Å². The lowest BCUT2D eigenvalue weighted by atomic mass is 9.73. The summed E-state index contributed by atoms with van der Waals surface area (Å²) in [6.07, 6.45) is 8.68. The quantitative estimate of drug-likeness (QED) is 0.476. The maximum Gasteiger partial charge on any atom is 0.306 e. The smallest absolute Gasteiger partial charge is 0.306 e. The average molecular weight is 196 g/mol. The van der Waals surface area contributed by atoms with Gasteiger partial charge in [0.2, 0.25) is 0 Å². The molecule has 2 rings (SSSR count). The molecule has 1 saturated carbocycles. The summed E-state index contributed by atoms with van der Waals surface area (Å²) in [6, 6.07) is 0. The molecule has 14 heavy (non-hydrogen) atoms. The van der Waals surface area contributed by atoms with Crippen molar-refractivity contribution in [2.75, 3.05) is 6.61 Å². The molecule has 2 heteroatoms. The van der Waals surface area contributed by atoms with E-state index < -0.39 is 0 Å². The van der Waals surface area contributed by atoms with Crippen molar-refractivity contribution in [3.05, 3.63) is 0 Å². The number of carbonyl (C=O) groups excluding carboxylic acids is 1. The summed E-state index contributed by atoms with van der Waals surface area (Å²) in [5, 5.41) is 0. The van der Waals surface area contributed by atoms with Crippen LogP contribution in [0.4, 0.5) is 0 Å². The summed E-state index contributed by atoms with van der Waals surface area (Å²) in [5.74, 6) is 0.730. The highest BCUT2D eigenvalue weighted by Gasteiger charge is 2.42. The van der Waals surface area contributed by atoms with E-state index in [1.807, 2.05) is 0 Å². The fraction of sp³-hybridized carbons (Fsp3) is 0.917. The molecule has 0 aromatic rings.